The molecule has 4 heteroatoms. The molecule has 0 aliphatic carbocycles. The van der Waals surface area contributed by atoms with Gasteiger partial charge in [-0.15, -0.1) is 0 Å². The van der Waals surface area contributed by atoms with Crippen LogP contribution >= 0.6 is 0 Å². The van der Waals surface area contributed by atoms with Crippen molar-refractivity contribution < 1.29 is 9.90 Å². The minimum absolute atomic E-state index is 0.478. The van der Waals surface area contributed by atoms with Gasteiger partial charge in [-0.05, 0) is 0 Å². The van der Waals surface area contributed by atoms with Crippen molar-refractivity contribution in [2.45, 2.75) is 17.6 Å². The predicted octanol–water partition coefficient (Wildman–Crippen LogP) is 1.54. The first-order valence-corrected chi connectivity index (χ1v) is 4.92. The van der Waals surface area contributed by atoms with Crippen LogP contribution < -0.4 is 0 Å². The molecule has 1 atom stereocenters. The third kappa shape index (κ3) is 3.23. The maximum absolute atomic E-state index is 11.0. The van der Waals surface area contributed by atoms with Crippen molar-refractivity contribution in [2.75, 3.05) is 0 Å². The zero-order valence-electron chi connectivity index (χ0n) is 8.97. The van der Waals surface area contributed by atoms with Gasteiger partial charge in [0.25, 0.3) is 0 Å². The summed E-state index contributed by atoms with van der Waals surface area (Å²) in [4.78, 5) is 15.1. The molecule has 0 spiro atoms. The van der Waals surface area contributed by atoms with Crippen LogP contribution in [0.4, 0.5) is 0 Å². The number of rotatable bonds is 4. The number of aliphatic carboxylic acids is 1. The summed E-state index contributed by atoms with van der Waals surface area (Å²) in [6, 6.07) is 9.48. The fourth-order valence-corrected chi connectivity index (χ4v) is 1.05. The fraction of sp³-hybridized carbons (Fsp3) is 0.273. The van der Waals surface area contributed by atoms with Crippen LogP contribution in [0.2, 0.25) is 5.09 Å². The second kappa shape index (κ2) is 5.16. The van der Waals surface area contributed by atoms with E-state index in [0.717, 1.165) is 5.56 Å². The van der Waals surface area contributed by atoms with Crippen LogP contribution in [0.1, 0.15) is 12.5 Å². The van der Waals surface area contributed by atoms with Crippen LogP contribution in [0.3, 0.4) is 0 Å². The van der Waals surface area contributed by atoms with Crippen LogP contribution in [-0.2, 0) is 4.79 Å². The molecule has 0 aromatic heterocycles. The molecule has 0 unspecified atom stereocenters. The summed E-state index contributed by atoms with van der Waals surface area (Å²) in [5.41, 5.74) is -0.103. The first kappa shape index (κ1) is 12.0. The van der Waals surface area contributed by atoms with Gasteiger partial charge in [0.1, 0.15) is 0 Å². The normalized spacial score (nSPS) is 15.1. The van der Waals surface area contributed by atoms with Crippen LogP contribution in [0.25, 0.3) is 0 Å². The number of aliphatic imine (C=N–C) groups is 1. The van der Waals surface area contributed by atoms with Crippen molar-refractivity contribution in [3.05, 3.63) is 35.9 Å². The van der Waals surface area contributed by atoms with Gasteiger partial charge in [0.15, 0.2) is 0 Å². The van der Waals surface area contributed by atoms with Gasteiger partial charge in [-0.25, -0.2) is 0 Å². The quantitative estimate of drug-likeness (QED) is 0.587. The van der Waals surface area contributed by atoms with Gasteiger partial charge in [-0.2, -0.15) is 0 Å². The number of carboxylic acids is 1. The van der Waals surface area contributed by atoms with E-state index < -0.39 is 11.5 Å². The average molecular weight is 197 g/mol. The fourth-order valence-electron chi connectivity index (χ4n) is 1.05. The molecule has 1 aromatic carbocycles. The number of carboxylic acid groups (broad SMARTS) is 1. The van der Waals surface area contributed by atoms with Crippen LogP contribution in [-0.4, -0.2) is 40.5 Å². The molecule has 15 heavy (non-hydrogen) atoms. The zero-order chi connectivity index (χ0) is 11.3. The summed E-state index contributed by atoms with van der Waals surface area (Å²) < 4.78 is 0. The van der Waals surface area contributed by atoms with E-state index in [2.05, 4.69) is 4.99 Å². The van der Waals surface area contributed by atoms with Crippen LogP contribution in [0, 0.1) is 0 Å². The van der Waals surface area contributed by atoms with Crippen molar-refractivity contribution in [2.24, 2.45) is 4.99 Å². The molecule has 0 saturated carbocycles. The van der Waals surface area contributed by atoms with Gasteiger partial charge in [0.05, 0.1) is 0 Å². The van der Waals surface area contributed by atoms with E-state index in [1.807, 2.05) is 48.0 Å². The van der Waals surface area contributed by atoms with Crippen LogP contribution in [0.15, 0.2) is 35.3 Å². The van der Waals surface area contributed by atoms with Gasteiger partial charge in [0, 0.05) is 0 Å². The Bertz CT molecular complexity index is 364. The topological polar surface area (TPSA) is 49.7 Å². The average Bonchev–Trinajstić information content (AvgIpc) is 2.27. The van der Waals surface area contributed by atoms with Crippen molar-refractivity contribution in [3.8, 4) is 0 Å². The molecule has 0 amide bonds. The van der Waals surface area contributed by atoms with E-state index in [9.17, 15) is 4.79 Å². The van der Waals surface area contributed by atoms with E-state index in [1.54, 1.807) is 13.1 Å². The Balaban J connectivity index is 2.85. The Hall–Kier alpha value is -1.04. The number of nitrogens with zero attached hydrogens (tertiary/aromatic N) is 1. The molecule has 0 fully saturated rings. The zero-order valence-corrected chi connectivity index (χ0v) is 8.97. The van der Waals surface area contributed by atoms with E-state index in [-0.39, 0.29) is 0 Å². The molecule has 0 saturated heterocycles. The summed E-state index contributed by atoms with van der Waals surface area (Å²) >= 11 is 1.82. The molecular weight excluding hydrogens is 185 g/mol. The first-order chi connectivity index (χ1) is 7.08. The third-order valence-corrected chi connectivity index (χ3v) is 2.45. The van der Waals surface area contributed by atoms with Gasteiger partial charge in [-0.3, -0.25) is 0 Å². The first-order valence-electron chi connectivity index (χ1n) is 4.92. The Morgan fingerprint density at radius 2 is 2.13 bits per heavy atom. The van der Waals surface area contributed by atoms with Crippen molar-refractivity contribution in [1.82, 2.24) is 0 Å². The molecule has 3 nitrogen and oxygen atoms in total. The number of hydrogen-bond acceptors (Lipinski definition) is 2. The summed E-state index contributed by atoms with van der Waals surface area (Å²) in [6.45, 7) is 1.62. The van der Waals surface area contributed by atoms with E-state index in [0.29, 0.717) is 5.09 Å². The van der Waals surface area contributed by atoms with Crippen molar-refractivity contribution in [3.63, 3.8) is 0 Å². The SMILES string of the molecule is [Li][CH2][C@@](C)(N=Cc1ccccc1)C(=O)O. The monoisotopic (exact) mass is 197 g/mol. The molecule has 0 heterocycles. The van der Waals surface area contributed by atoms with Gasteiger partial charge < -0.3 is 0 Å². The van der Waals surface area contributed by atoms with Gasteiger partial charge >= 0.3 is 98.2 Å². The maximum atomic E-state index is 11.0. The van der Waals surface area contributed by atoms with Gasteiger partial charge in [0.2, 0.25) is 0 Å². The van der Waals surface area contributed by atoms with Crippen molar-refractivity contribution in [1.29, 1.82) is 0 Å². The molecular formula is C11H12LiNO2. The Labute approximate surface area is 98.4 Å². The predicted molar refractivity (Wildman–Crippen MR) is 60.6 cm³/mol. The van der Waals surface area contributed by atoms with Crippen molar-refractivity contribution >= 4 is 29.9 Å². The second-order valence-electron chi connectivity index (χ2n) is 3.60. The number of benzene rings is 1. The Morgan fingerprint density at radius 3 is 2.60 bits per heavy atom. The molecule has 1 aromatic rings. The number of hydrogen-bond donors (Lipinski definition) is 1. The summed E-state index contributed by atoms with van der Waals surface area (Å²) in [5.74, 6) is -0.891. The molecule has 1 N–H and O–H groups in total. The Kier molecular flexibility index (Phi) is 4.13. The second-order valence-corrected chi connectivity index (χ2v) is 3.60. The summed E-state index contributed by atoms with van der Waals surface area (Å²) in [6.07, 6.45) is 1.61. The van der Waals surface area contributed by atoms with E-state index in [4.69, 9.17) is 5.11 Å². The molecule has 0 radical (unpaired) electrons. The number of carbonyl (C=O) groups is 1. The van der Waals surface area contributed by atoms with Gasteiger partial charge in [-0.1, -0.05) is 0 Å². The molecule has 0 bridgehead atoms. The Morgan fingerprint density at radius 1 is 1.53 bits per heavy atom. The molecule has 0 aliphatic heterocycles. The third-order valence-electron chi connectivity index (χ3n) is 2.45. The van der Waals surface area contributed by atoms with Crippen LogP contribution in [0.5, 0.6) is 0 Å². The minimum atomic E-state index is -1.02. The molecule has 74 valence electrons. The van der Waals surface area contributed by atoms with E-state index >= 15 is 0 Å². The summed E-state index contributed by atoms with van der Waals surface area (Å²) in [5, 5.41) is 9.47. The van der Waals surface area contributed by atoms with E-state index in [1.165, 1.54) is 0 Å². The standard InChI is InChI=1S/C11H12NO2.Li/c1-11(2,10(13)14)12-8-9-6-4-3-5-7-9;/h3-8H,1H2,2H3,(H,13,14);/t11-;/m0./s1. The summed E-state index contributed by atoms with van der Waals surface area (Å²) in [7, 11) is 0. The molecule has 0 aliphatic rings. The molecule has 1 rings (SSSR count).